The van der Waals surface area contributed by atoms with Gasteiger partial charge in [0.25, 0.3) is 11.8 Å². The number of nitrogens with zero attached hydrogens (tertiary/aromatic N) is 3. The van der Waals surface area contributed by atoms with E-state index in [1.807, 2.05) is 67.0 Å². The Balaban J connectivity index is 1.38. The van der Waals surface area contributed by atoms with Crippen molar-refractivity contribution in [3.05, 3.63) is 47.1 Å². The summed E-state index contributed by atoms with van der Waals surface area (Å²) in [6, 6.07) is 11.6. The number of rotatable bonds is 5. The zero-order valence-electron chi connectivity index (χ0n) is 25.3. The molecular formula is C32H40N4O4S3. The van der Waals surface area contributed by atoms with Crippen molar-refractivity contribution in [1.82, 2.24) is 19.5 Å². The first kappa shape index (κ1) is 30.6. The van der Waals surface area contributed by atoms with E-state index in [0.29, 0.717) is 64.1 Å². The summed E-state index contributed by atoms with van der Waals surface area (Å²) in [5, 5.41) is 2.02. The van der Waals surface area contributed by atoms with Gasteiger partial charge in [0.15, 0.2) is 5.01 Å². The number of fused-ring (bicyclic) bond motifs is 1. The molecule has 3 aromatic rings. The van der Waals surface area contributed by atoms with Gasteiger partial charge in [0.1, 0.15) is 16.7 Å². The van der Waals surface area contributed by atoms with Crippen LogP contribution in [0.15, 0.2) is 41.3 Å². The lowest BCUT2D eigenvalue weighted by Gasteiger charge is -2.51. The van der Waals surface area contributed by atoms with Crippen LogP contribution in [0.3, 0.4) is 0 Å². The van der Waals surface area contributed by atoms with Crippen molar-refractivity contribution in [3.63, 3.8) is 0 Å². The number of thiazole rings is 1. The summed E-state index contributed by atoms with van der Waals surface area (Å²) in [4.78, 5) is 37.5. The highest BCUT2D eigenvalue weighted by molar-refractivity contribution is 7.85. The quantitative estimate of drug-likeness (QED) is 0.412. The molecule has 0 radical (unpaired) electrons. The van der Waals surface area contributed by atoms with E-state index in [9.17, 15) is 18.0 Å². The molecule has 3 saturated heterocycles. The van der Waals surface area contributed by atoms with Crippen LogP contribution in [0.5, 0.6) is 0 Å². The number of likely N-dealkylation sites (tertiary alicyclic amines) is 2. The van der Waals surface area contributed by atoms with Crippen molar-refractivity contribution in [1.29, 1.82) is 0 Å². The Labute approximate surface area is 262 Å². The molecular weight excluding hydrogens is 601 g/mol. The minimum absolute atomic E-state index is 0.0651. The fourth-order valence-electron chi connectivity index (χ4n) is 6.31. The van der Waals surface area contributed by atoms with E-state index in [1.54, 1.807) is 0 Å². The summed E-state index contributed by atoms with van der Waals surface area (Å²) < 4.78 is 28.4. The van der Waals surface area contributed by atoms with E-state index >= 15 is 0 Å². The molecule has 0 bridgehead atoms. The van der Waals surface area contributed by atoms with Crippen LogP contribution in [-0.4, -0.2) is 78.2 Å². The summed E-state index contributed by atoms with van der Waals surface area (Å²) in [7, 11) is -2.19. The largest absolute Gasteiger partial charge is 0.337 e. The molecule has 1 unspecified atom stereocenters. The number of piperidine rings is 1. The van der Waals surface area contributed by atoms with Crippen molar-refractivity contribution in [2.75, 3.05) is 37.7 Å². The number of amides is 2. The molecule has 3 fully saturated rings. The highest BCUT2D eigenvalue weighted by atomic mass is 32.2. The van der Waals surface area contributed by atoms with Gasteiger partial charge in [0, 0.05) is 65.0 Å². The third-order valence-electron chi connectivity index (χ3n) is 8.87. The number of hydrogen-bond donors (Lipinski definition) is 1. The van der Waals surface area contributed by atoms with E-state index in [1.165, 1.54) is 11.3 Å². The normalized spacial score (nSPS) is 20.4. The maximum absolute atomic E-state index is 14.0. The van der Waals surface area contributed by atoms with Crippen molar-refractivity contribution >= 4 is 55.7 Å². The second-order valence-electron chi connectivity index (χ2n) is 13.5. The van der Waals surface area contributed by atoms with Gasteiger partial charge in [-0.25, -0.2) is 13.9 Å². The molecule has 1 N–H and O–H groups in total. The maximum atomic E-state index is 14.0. The van der Waals surface area contributed by atoms with E-state index in [4.69, 9.17) is 4.98 Å². The van der Waals surface area contributed by atoms with E-state index in [0.717, 1.165) is 42.0 Å². The molecule has 1 aromatic heterocycles. The first-order chi connectivity index (χ1) is 20.4. The van der Waals surface area contributed by atoms with Gasteiger partial charge in [-0.15, -0.1) is 11.3 Å². The summed E-state index contributed by atoms with van der Waals surface area (Å²) in [5.74, 6) is 1.70. The summed E-state index contributed by atoms with van der Waals surface area (Å²) >= 11 is 1.28. The van der Waals surface area contributed by atoms with Crippen LogP contribution >= 0.6 is 11.3 Å². The number of carbonyl (C=O) groups excluding carboxylic acids is 2. The Kier molecular flexibility index (Phi) is 8.38. The van der Waals surface area contributed by atoms with Crippen LogP contribution in [0.4, 0.5) is 0 Å². The predicted octanol–water partition coefficient (Wildman–Crippen LogP) is 5.23. The number of hydrogen-bond acceptors (Lipinski definition) is 6. The maximum Gasteiger partial charge on any atom is 0.282 e. The van der Waals surface area contributed by atoms with Crippen LogP contribution in [-0.2, 0) is 21.8 Å². The summed E-state index contributed by atoms with van der Waals surface area (Å²) in [6.45, 7) is 10.8. The van der Waals surface area contributed by atoms with Crippen LogP contribution in [0.25, 0.3) is 21.2 Å². The molecule has 0 aliphatic carbocycles. The average Bonchev–Trinajstić information content (AvgIpc) is 3.40. The first-order valence-electron chi connectivity index (χ1n) is 15.1. The standard InChI is InChI=1S/C32H40N4O4S3/c1-21-11-15-35(16-12-21)29(37)26-27(41-28(33-26)30(38)36-19-32(20-36)13-17-42(39)18-14-32)24-9-10-25(43(40)34-31(2,3)4)23-8-6-5-7-22(23)24/h5-10,21,34H,11-20H2,1-4H3. The monoisotopic (exact) mass is 640 g/mol. The summed E-state index contributed by atoms with van der Waals surface area (Å²) in [5.41, 5.74) is 0.855. The number of carbonyl (C=O) groups is 2. The van der Waals surface area contributed by atoms with Crippen LogP contribution in [0.1, 0.15) is 73.7 Å². The second-order valence-corrected chi connectivity index (χ2v) is 17.3. The topological polar surface area (TPSA) is 99.7 Å². The fraction of sp³-hybridized carbons (Fsp3) is 0.531. The van der Waals surface area contributed by atoms with E-state index in [2.05, 4.69) is 11.6 Å². The van der Waals surface area contributed by atoms with Crippen molar-refractivity contribution in [2.24, 2.45) is 11.3 Å². The number of benzene rings is 2. The van der Waals surface area contributed by atoms with Crippen LogP contribution in [0, 0.1) is 11.3 Å². The van der Waals surface area contributed by atoms with Crippen molar-refractivity contribution in [3.8, 4) is 10.4 Å². The molecule has 1 atom stereocenters. The van der Waals surface area contributed by atoms with Gasteiger partial charge in [-0.1, -0.05) is 37.3 Å². The minimum Gasteiger partial charge on any atom is -0.337 e. The Hall–Kier alpha value is -2.47. The van der Waals surface area contributed by atoms with Crippen molar-refractivity contribution < 1.29 is 18.0 Å². The Morgan fingerprint density at radius 2 is 1.65 bits per heavy atom. The molecule has 3 aliphatic rings. The third-order valence-corrected chi connectivity index (χ3v) is 12.8. The van der Waals surface area contributed by atoms with Gasteiger partial charge in [0.2, 0.25) is 0 Å². The van der Waals surface area contributed by atoms with Gasteiger partial charge in [-0.2, -0.15) is 0 Å². The molecule has 11 heteroatoms. The van der Waals surface area contributed by atoms with Crippen LogP contribution < -0.4 is 4.72 Å². The van der Waals surface area contributed by atoms with Gasteiger partial charge in [-0.3, -0.25) is 13.8 Å². The molecule has 230 valence electrons. The smallest absolute Gasteiger partial charge is 0.282 e. The first-order valence-corrected chi connectivity index (χ1v) is 18.5. The molecule has 43 heavy (non-hydrogen) atoms. The van der Waals surface area contributed by atoms with Gasteiger partial charge in [0.05, 0.1) is 9.77 Å². The lowest BCUT2D eigenvalue weighted by atomic mass is 9.75. The van der Waals surface area contributed by atoms with Gasteiger partial charge >= 0.3 is 0 Å². The fourth-order valence-corrected chi connectivity index (χ4v) is 10.1. The van der Waals surface area contributed by atoms with E-state index < -0.39 is 21.8 Å². The second kappa shape index (κ2) is 11.8. The molecule has 8 nitrogen and oxygen atoms in total. The molecule has 2 amide bonds. The Morgan fingerprint density at radius 1 is 1.00 bits per heavy atom. The molecule has 4 heterocycles. The highest BCUT2D eigenvalue weighted by Crippen LogP contribution is 2.43. The number of aromatic nitrogens is 1. The Morgan fingerprint density at radius 3 is 2.30 bits per heavy atom. The Bertz CT molecular complexity index is 1600. The molecule has 0 saturated carbocycles. The zero-order valence-corrected chi connectivity index (χ0v) is 27.8. The van der Waals surface area contributed by atoms with Crippen molar-refractivity contribution in [2.45, 2.75) is 63.8 Å². The SMILES string of the molecule is CC1CCN(C(=O)c2nc(C(=O)N3CC4(CCS(=O)CC4)C3)sc2-c2ccc(S(=O)NC(C)(C)C)c3ccccc23)CC1. The average molecular weight is 641 g/mol. The third kappa shape index (κ3) is 6.23. The predicted molar refractivity (Wildman–Crippen MR) is 174 cm³/mol. The highest BCUT2D eigenvalue weighted by Gasteiger charge is 2.47. The number of nitrogens with one attached hydrogen (secondary N) is 1. The lowest BCUT2D eigenvalue weighted by Crippen LogP contribution is -2.60. The van der Waals surface area contributed by atoms with Gasteiger partial charge in [-0.05, 0) is 69.2 Å². The minimum atomic E-state index is -1.44. The van der Waals surface area contributed by atoms with Gasteiger partial charge < -0.3 is 9.80 Å². The lowest BCUT2D eigenvalue weighted by molar-refractivity contribution is 0.000700. The molecule has 3 aliphatic heterocycles. The summed E-state index contributed by atoms with van der Waals surface area (Å²) in [6.07, 6.45) is 3.66. The van der Waals surface area contributed by atoms with E-state index in [-0.39, 0.29) is 22.8 Å². The zero-order chi connectivity index (χ0) is 30.5. The molecule has 6 rings (SSSR count). The molecule has 2 aromatic carbocycles. The molecule has 1 spiro atoms. The van der Waals surface area contributed by atoms with Crippen LogP contribution in [0.2, 0.25) is 0 Å².